The number of methoxy groups -OCH3 is 1. The van der Waals surface area contributed by atoms with Crippen LogP contribution in [0.2, 0.25) is 0 Å². The summed E-state index contributed by atoms with van der Waals surface area (Å²) in [6, 6.07) is 0. The van der Waals surface area contributed by atoms with Crippen LogP contribution in [0.1, 0.15) is 6.42 Å². The molecule has 5 heteroatoms. The molecule has 0 radical (unpaired) electrons. The Bertz CT molecular complexity index is 213. The van der Waals surface area contributed by atoms with Crippen LogP contribution in [0.3, 0.4) is 0 Å². The fourth-order valence-corrected chi connectivity index (χ4v) is 0.957. The summed E-state index contributed by atoms with van der Waals surface area (Å²) in [5.41, 5.74) is 11.3. The van der Waals surface area contributed by atoms with Gasteiger partial charge in [-0.2, -0.15) is 0 Å². The van der Waals surface area contributed by atoms with Gasteiger partial charge in [0.25, 0.3) is 0 Å². The van der Waals surface area contributed by atoms with Gasteiger partial charge in [-0.1, -0.05) is 0 Å². The zero-order valence-electron chi connectivity index (χ0n) is 7.08. The van der Waals surface area contributed by atoms with Gasteiger partial charge in [-0.3, -0.25) is 5.73 Å². The second-order valence-corrected chi connectivity index (χ2v) is 2.68. The molecule has 0 aliphatic carbocycles. The molecule has 1 aliphatic heterocycles. The molecule has 0 bridgehead atoms. The fraction of sp³-hybridized carbons (Fsp3) is 0.571. The van der Waals surface area contributed by atoms with Crippen molar-refractivity contribution < 1.29 is 4.74 Å². The quantitative estimate of drug-likeness (QED) is 0.513. The smallest absolute Gasteiger partial charge is 0.186 e. The van der Waals surface area contributed by atoms with Gasteiger partial charge in [-0.05, 0) is 6.08 Å². The Labute approximate surface area is 71.5 Å². The molecule has 0 aromatic heterocycles. The second kappa shape index (κ2) is 3.55. The average Bonchev–Trinajstić information content (AvgIpc) is 2.01. The highest BCUT2D eigenvalue weighted by Gasteiger charge is 2.23. The van der Waals surface area contributed by atoms with Crippen molar-refractivity contribution in [3.8, 4) is 0 Å². The standard InChI is InChI=1S/C7H14N4O/c1-12-5-3-7(9)10-4-2-6(8)11-7/h2,4,10H,3,5,9H2,1H3,(H2,8,11). The molecule has 5 nitrogen and oxygen atoms in total. The Morgan fingerprint density at radius 2 is 2.50 bits per heavy atom. The van der Waals surface area contributed by atoms with Gasteiger partial charge < -0.3 is 15.8 Å². The lowest BCUT2D eigenvalue weighted by Crippen LogP contribution is -2.53. The summed E-state index contributed by atoms with van der Waals surface area (Å²) in [5, 5.41) is 2.91. The highest BCUT2D eigenvalue weighted by atomic mass is 16.5. The maximum atomic E-state index is 5.83. The maximum Gasteiger partial charge on any atom is 0.186 e. The van der Waals surface area contributed by atoms with Crippen LogP contribution in [0.5, 0.6) is 0 Å². The first-order valence-electron chi connectivity index (χ1n) is 3.74. The van der Waals surface area contributed by atoms with Gasteiger partial charge >= 0.3 is 0 Å². The monoisotopic (exact) mass is 170 g/mol. The molecule has 1 unspecified atom stereocenters. The van der Waals surface area contributed by atoms with Gasteiger partial charge in [0.15, 0.2) is 5.79 Å². The lowest BCUT2D eigenvalue weighted by atomic mass is 10.2. The Hall–Kier alpha value is -1.07. The second-order valence-electron chi connectivity index (χ2n) is 2.68. The Balaban J connectivity index is 2.54. The highest BCUT2D eigenvalue weighted by molar-refractivity contribution is 5.92. The van der Waals surface area contributed by atoms with E-state index in [1.807, 2.05) is 0 Å². The molecule has 0 fully saturated rings. The molecular formula is C7H14N4O. The third-order valence-electron chi connectivity index (χ3n) is 1.60. The molecule has 0 saturated heterocycles. The first kappa shape index (κ1) is 9.02. The van der Waals surface area contributed by atoms with Crippen LogP contribution in [-0.2, 0) is 4.74 Å². The van der Waals surface area contributed by atoms with E-state index in [2.05, 4.69) is 10.3 Å². The number of nitrogens with one attached hydrogen (secondary N) is 1. The summed E-state index contributed by atoms with van der Waals surface area (Å²) in [4.78, 5) is 4.05. The Kier molecular flexibility index (Phi) is 2.67. The summed E-state index contributed by atoms with van der Waals surface area (Å²) in [6.45, 7) is 0.550. The Morgan fingerprint density at radius 1 is 1.75 bits per heavy atom. The van der Waals surface area contributed by atoms with E-state index in [-0.39, 0.29) is 0 Å². The largest absolute Gasteiger partial charge is 0.384 e. The molecule has 0 aromatic rings. The van der Waals surface area contributed by atoms with Gasteiger partial charge in [-0.15, -0.1) is 0 Å². The minimum Gasteiger partial charge on any atom is -0.384 e. The van der Waals surface area contributed by atoms with Crippen molar-refractivity contribution in [1.82, 2.24) is 5.32 Å². The number of ether oxygens (including phenoxy) is 1. The number of aliphatic imine (C=N–C) groups is 1. The number of hydrogen-bond acceptors (Lipinski definition) is 5. The molecule has 68 valence electrons. The molecule has 12 heavy (non-hydrogen) atoms. The van der Waals surface area contributed by atoms with E-state index in [4.69, 9.17) is 16.2 Å². The molecule has 0 saturated carbocycles. The minimum absolute atomic E-state index is 0.437. The zero-order chi connectivity index (χ0) is 9.03. The molecule has 1 atom stereocenters. The minimum atomic E-state index is -0.797. The van der Waals surface area contributed by atoms with Crippen LogP contribution in [0.25, 0.3) is 0 Å². The van der Waals surface area contributed by atoms with Gasteiger partial charge in [0.05, 0.1) is 6.61 Å². The summed E-state index contributed by atoms with van der Waals surface area (Å²) in [5.74, 6) is -0.359. The van der Waals surface area contributed by atoms with E-state index in [1.165, 1.54) is 0 Å². The van der Waals surface area contributed by atoms with Crippen LogP contribution >= 0.6 is 0 Å². The molecule has 0 aromatic carbocycles. The first-order chi connectivity index (χ1) is 5.66. The van der Waals surface area contributed by atoms with E-state index in [1.54, 1.807) is 19.4 Å². The van der Waals surface area contributed by atoms with Crippen molar-refractivity contribution >= 4 is 5.84 Å². The van der Waals surface area contributed by atoms with Crippen LogP contribution in [0.15, 0.2) is 17.3 Å². The van der Waals surface area contributed by atoms with Crippen LogP contribution in [0, 0.1) is 0 Å². The van der Waals surface area contributed by atoms with Crippen LogP contribution < -0.4 is 16.8 Å². The zero-order valence-corrected chi connectivity index (χ0v) is 7.08. The lowest BCUT2D eigenvalue weighted by Gasteiger charge is -2.27. The lowest BCUT2D eigenvalue weighted by molar-refractivity contribution is 0.163. The summed E-state index contributed by atoms with van der Waals surface area (Å²) in [7, 11) is 1.62. The van der Waals surface area contributed by atoms with Crippen molar-refractivity contribution in [3.05, 3.63) is 12.3 Å². The van der Waals surface area contributed by atoms with E-state index >= 15 is 0 Å². The normalized spacial score (nSPS) is 28.0. The van der Waals surface area contributed by atoms with Crippen LogP contribution in [-0.4, -0.2) is 25.3 Å². The van der Waals surface area contributed by atoms with Gasteiger partial charge in [-0.25, -0.2) is 4.99 Å². The number of amidine groups is 1. The summed E-state index contributed by atoms with van der Waals surface area (Å²) < 4.78 is 4.89. The molecule has 1 aliphatic rings. The van der Waals surface area contributed by atoms with Crippen molar-refractivity contribution in [1.29, 1.82) is 0 Å². The average molecular weight is 170 g/mol. The SMILES string of the molecule is COCCC1(N)N=C(N)C=CN1. The van der Waals surface area contributed by atoms with E-state index < -0.39 is 5.79 Å². The molecule has 1 rings (SSSR count). The van der Waals surface area contributed by atoms with Gasteiger partial charge in [0, 0.05) is 19.7 Å². The van der Waals surface area contributed by atoms with Gasteiger partial charge in [0.2, 0.25) is 0 Å². The molecule has 5 N–H and O–H groups in total. The summed E-state index contributed by atoms with van der Waals surface area (Å²) in [6.07, 6.45) is 3.95. The van der Waals surface area contributed by atoms with E-state index in [9.17, 15) is 0 Å². The summed E-state index contributed by atoms with van der Waals surface area (Å²) >= 11 is 0. The van der Waals surface area contributed by atoms with E-state index in [0.717, 1.165) is 0 Å². The van der Waals surface area contributed by atoms with Gasteiger partial charge in [0.1, 0.15) is 5.84 Å². The number of hydrogen-bond donors (Lipinski definition) is 3. The van der Waals surface area contributed by atoms with Crippen molar-refractivity contribution in [3.63, 3.8) is 0 Å². The van der Waals surface area contributed by atoms with E-state index in [0.29, 0.717) is 18.9 Å². The van der Waals surface area contributed by atoms with Crippen molar-refractivity contribution in [2.24, 2.45) is 16.5 Å². The molecule has 0 spiro atoms. The predicted octanol–water partition coefficient (Wildman–Crippen LogP) is -0.890. The first-order valence-corrected chi connectivity index (χ1v) is 3.74. The molecular weight excluding hydrogens is 156 g/mol. The number of nitrogens with zero attached hydrogens (tertiary/aromatic N) is 1. The topological polar surface area (TPSA) is 85.7 Å². The van der Waals surface area contributed by atoms with Crippen molar-refractivity contribution in [2.45, 2.75) is 12.2 Å². The maximum absolute atomic E-state index is 5.83. The fourth-order valence-electron chi connectivity index (χ4n) is 0.957. The van der Waals surface area contributed by atoms with Crippen LogP contribution in [0.4, 0.5) is 0 Å². The number of rotatable bonds is 3. The third-order valence-corrected chi connectivity index (χ3v) is 1.60. The molecule has 0 amide bonds. The predicted molar refractivity (Wildman–Crippen MR) is 47.3 cm³/mol. The highest BCUT2D eigenvalue weighted by Crippen LogP contribution is 2.07. The molecule has 1 heterocycles. The number of nitrogens with two attached hydrogens (primary N) is 2. The third kappa shape index (κ3) is 2.21. The Morgan fingerprint density at radius 3 is 3.08 bits per heavy atom. The van der Waals surface area contributed by atoms with Crippen molar-refractivity contribution in [2.75, 3.05) is 13.7 Å².